The number of aromatic hydroxyl groups is 2. The number of hydrogen-bond donors (Lipinski definition) is 3. The molecule has 154 valence electrons. The number of aromatic nitrogens is 2. The molecule has 3 N–H and O–H groups in total. The van der Waals surface area contributed by atoms with Crippen LogP contribution in [0, 0.1) is 6.92 Å². The summed E-state index contributed by atoms with van der Waals surface area (Å²) < 4.78 is 44.2. The standard InChI is InChI=1S/C17H19ClF3N3O4/c1-8-9(7-12(25)28-16(2,3)4)15(27)24(14(8)26)23-11-6-5-10(13(18)22-11)17(19,20)21/h5-6,26-27H,7H2,1-4H3,(H,22,23). The predicted octanol–water partition coefficient (Wildman–Crippen LogP) is 4.03. The Labute approximate surface area is 163 Å². The Balaban J connectivity index is 2.31. The molecule has 28 heavy (non-hydrogen) atoms. The molecule has 2 heterocycles. The van der Waals surface area contributed by atoms with Crippen molar-refractivity contribution in [2.45, 2.75) is 45.9 Å². The van der Waals surface area contributed by atoms with Gasteiger partial charge in [0.2, 0.25) is 11.8 Å². The van der Waals surface area contributed by atoms with E-state index in [1.165, 1.54) is 6.92 Å². The van der Waals surface area contributed by atoms with Crippen molar-refractivity contribution in [1.82, 2.24) is 9.66 Å². The van der Waals surface area contributed by atoms with Crippen LogP contribution >= 0.6 is 11.6 Å². The Hall–Kier alpha value is -2.62. The summed E-state index contributed by atoms with van der Waals surface area (Å²) in [4.78, 5) is 15.6. The van der Waals surface area contributed by atoms with Gasteiger partial charge in [-0.25, -0.2) is 4.98 Å². The highest BCUT2D eigenvalue weighted by Gasteiger charge is 2.34. The number of hydrogen-bond acceptors (Lipinski definition) is 6. The SMILES string of the molecule is Cc1c(CC(=O)OC(C)(C)C)c(O)n(Nc2ccc(C(F)(F)F)c(Cl)n2)c1O. The Morgan fingerprint density at radius 2 is 1.86 bits per heavy atom. The lowest BCUT2D eigenvalue weighted by molar-refractivity contribution is -0.154. The van der Waals surface area contributed by atoms with Crippen molar-refractivity contribution in [3.8, 4) is 11.8 Å². The van der Waals surface area contributed by atoms with Crippen molar-refractivity contribution in [1.29, 1.82) is 0 Å². The molecule has 0 bridgehead atoms. The number of nitrogens with one attached hydrogen (secondary N) is 1. The first-order chi connectivity index (χ1) is 12.7. The molecule has 0 saturated heterocycles. The summed E-state index contributed by atoms with van der Waals surface area (Å²) >= 11 is 5.56. The molecule has 0 aromatic carbocycles. The number of nitrogens with zero attached hydrogens (tertiary/aromatic N) is 2. The number of esters is 1. The lowest BCUT2D eigenvalue weighted by Gasteiger charge is -2.19. The molecule has 0 fully saturated rings. The van der Waals surface area contributed by atoms with E-state index in [0.717, 1.165) is 10.7 Å². The van der Waals surface area contributed by atoms with Crippen molar-refractivity contribution >= 4 is 23.4 Å². The van der Waals surface area contributed by atoms with Crippen LogP contribution in [-0.4, -0.2) is 31.4 Å². The lowest BCUT2D eigenvalue weighted by Crippen LogP contribution is -2.25. The first kappa shape index (κ1) is 21.7. The van der Waals surface area contributed by atoms with Crippen LogP contribution in [0.15, 0.2) is 12.1 Å². The largest absolute Gasteiger partial charge is 0.493 e. The Morgan fingerprint density at radius 3 is 2.36 bits per heavy atom. The molecule has 11 heteroatoms. The van der Waals surface area contributed by atoms with E-state index in [0.29, 0.717) is 6.07 Å². The number of pyridine rings is 1. The van der Waals surface area contributed by atoms with E-state index in [-0.39, 0.29) is 23.4 Å². The van der Waals surface area contributed by atoms with Gasteiger partial charge in [0.05, 0.1) is 12.0 Å². The van der Waals surface area contributed by atoms with Gasteiger partial charge in [-0.15, -0.1) is 0 Å². The summed E-state index contributed by atoms with van der Waals surface area (Å²) in [6, 6.07) is 1.69. The zero-order valence-corrected chi connectivity index (χ0v) is 16.2. The van der Waals surface area contributed by atoms with Gasteiger partial charge in [-0.05, 0) is 39.8 Å². The molecule has 0 aliphatic rings. The maximum Gasteiger partial charge on any atom is 0.419 e. The summed E-state index contributed by atoms with van der Waals surface area (Å²) in [6.07, 6.45) is -4.99. The molecular weight excluding hydrogens is 403 g/mol. The maximum atomic E-state index is 12.8. The first-order valence-electron chi connectivity index (χ1n) is 8.05. The van der Waals surface area contributed by atoms with Gasteiger partial charge in [0, 0.05) is 11.1 Å². The van der Waals surface area contributed by atoms with Crippen LogP contribution < -0.4 is 5.43 Å². The van der Waals surface area contributed by atoms with Crippen LogP contribution in [0.3, 0.4) is 0 Å². The van der Waals surface area contributed by atoms with E-state index < -0.39 is 40.2 Å². The fraction of sp³-hybridized carbons (Fsp3) is 0.412. The second-order valence-corrected chi connectivity index (χ2v) is 7.35. The van der Waals surface area contributed by atoms with E-state index in [2.05, 4.69) is 10.4 Å². The molecule has 0 aliphatic heterocycles. The molecule has 0 radical (unpaired) electrons. The van der Waals surface area contributed by atoms with Crippen molar-refractivity contribution in [3.05, 3.63) is 34.0 Å². The van der Waals surface area contributed by atoms with E-state index in [4.69, 9.17) is 16.3 Å². The summed E-state index contributed by atoms with van der Waals surface area (Å²) in [5.74, 6) is -1.76. The first-order valence-corrected chi connectivity index (χ1v) is 8.43. The predicted molar refractivity (Wildman–Crippen MR) is 95.3 cm³/mol. The third kappa shape index (κ3) is 4.80. The number of anilines is 1. The number of ether oxygens (including phenoxy) is 1. The van der Waals surface area contributed by atoms with E-state index >= 15 is 0 Å². The molecule has 0 amide bonds. The minimum absolute atomic E-state index is 0.0947. The van der Waals surface area contributed by atoms with Gasteiger partial charge in [0.1, 0.15) is 16.6 Å². The van der Waals surface area contributed by atoms with Gasteiger partial charge in [-0.2, -0.15) is 17.8 Å². The maximum absolute atomic E-state index is 12.8. The second-order valence-electron chi connectivity index (χ2n) is 6.99. The van der Waals surface area contributed by atoms with Crippen molar-refractivity contribution in [2.24, 2.45) is 0 Å². The average Bonchev–Trinajstić information content (AvgIpc) is 2.70. The van der Waals surface area contributed by atoms with Gasteiger partial charge >= 0.3 is 12.1 Å². The summed E-state index contributed by atoms with van der Waals surface area (Å²) in [6.45, 7) is 6.51. The van der Waals surface area contributed by atoms with E-state index in [9.17, 15) is 28.2 Å². The van der Waals surface area contributed by atoms with E-state index in [1.807, 2.05) is 0 Å². The smallest absolute Gasteiger partial charge is 0.419 e. The molecule has 0 aliphatic carbocycles. The van der Waals surface area contributed by atoms with Crippen molar-refractivity contribution in [3.63, 3.8) is 0 Å². The van der Waals surface area contributed by atoms with Gasteiger partial charge in [0.15, 0.2) is 0 Å². The normalized spacial score (nSPS) is 12.1. The zero-order chi connectivity index (χ0) is 21.4. The van der Waals surface area contributed by atoms with Gasteiger partial charge in [-0.1, -0.05) is 11.6 Å². The van der Waals surface area contributed by atoms with Gasteiger partial charge < -0.3 is 14.9 Å². The average molecular weight is 422 g/mol. The summed E-state index contributed by atoms with van der Waals surface area (Å²) in [5, 5.41) is 19.8. The molecule has 0 unspecified atom stereocenters. The summed E-state index contributed by atoms with van der Waals surface area (Å²) in [7, 11) is 0. The fourth-order valence-corrected chi connectivity index (χ4v) is 2.63. The minimum Gasteiger partial charge on any atom is -0.493 e. The number of halogens is 4. The molecule has 2 rings (SSSR count). The van der Waals surface area contributed by atoms with Crippen LogP contribution in [0.1, 0.15) is 37.5 Å². The molecule has 2 aromatic rings. The molecule has 0 atom stereocenters. The van der Waals surface area contributed by atoms with Crippen molar-refractivity contribution < 1.29 is 32.9 Å². The highest BCUT2D eigenvalue weighted by Crippen LogP contribution is 2.36. The fourth-order valence-electron chi connectivity index (χ4n) is 2.37. The van der Waals surface area contributed by atoms with Crippen LogP contribution in [0.25, 0.3) is 0 Å². The van der Waals surface area contributed by atoms with Gasteiger partial charge in [-0.3, -0.25) is 10.2 Å². The Bertz CT molecular complexity index is 905. The number of carbonyl (C=O) groups is 1. The summed E-state index contributed by atoms with van der Waals surface area (Å²) in [5.41, 5.74) is 0.873. The number of carbonyl (C=O) groups excluding carboxylic acids is 1. The Kier molecular flexibility index (Phi) is 5.74. The highest BCUT2D eigenvalue weighted by atomic mass is 35.5. The lowest BCUT2D eigenvalue weighted by atomic mass is 10.1. The van der Waals surface area contributed by atoms with Gasteiger partial charge in [0.25, 0.3) is 0 Å². The quantitative estimate of drug-likeness (QED) is 0.509. The van der Waals surface area contributed by atoms with Crippen molar-refractivity contribution in [2.75, 3.05) is 5.43 Å². The number of alkyl halides is 3. The molecule has 0 saturated carbocycles. The Morgan fingerprint density at radius 1 is 1.25 bits per heavy atom. The number of rotatable bonds is 4. The third-order valence-electron chi connectivity index (χ3n) is 3.60. The van der Waals surface area contributed by atoms with Crippen LogP contribution in [0.2, 0.25) is 5.15 Å². The van der Waals surface area contributed by atoms with Crippen LogP contribution in [-0.2, 0) is 22.1 Å². The van der Waals surface area contributed by atoms with E-state index in [1.54, 1.807) is 20.8 Å². The third-order valence-corrected chi connectivity index (χ3v) is 3.89. The molecule has 7 nitrogen and oxygen atoms in total. The molecular formula is C17H19ClF3N3O4. The molecule has 2 aromatic heterocycles. The monoisotopic (exact) mass is 421 g/mol. The minimum atomic E-state index is -4.67. The van der Waals surface area contributed by atoms with Crippen LogP contribution in [0.5, 0.6) is 11.8 Å². The topological polar surface area (TPSA) is 96.6 Å². The highest BCUT2D eigenvalue weighted by molar-refractivity contribution is 6.30. The zero-order valence-electron chi connectivity index (χ0n) is 15.5. The molecule has 0 spiro atoms. The second kappa shape index (κ2) is 7.42. The van der Waals surface area contributed by atoms with Crippen LogP contribution in [0.4, 0.5) is 19.0 Å².